The monoisotopic (exact) mass is 483 g/mol. The van der Waals surface area contributed by atoms with Gasteiger partial charge in [-0.2, -0.15) is 14.4 Å². The third-order valence-corrected chi connectivity index (χ3v) is 8.41. The molecule has 4 rings (SSSR count). The van der Waals surface area contributed by atoms with Gasteiger partial charge >= 0.3 is 0 Å². The number of aromatic amines is 1. The van der Waals surface area contributed by atoms with E-state index in [0.717, 1.165) is 25.0 Å². The van der Waals surface area contributed by atoms with Gasteiger partial charge in [-0.25, -0.2) is 17.8 Å². The zero-order chi connectivity index (χ0) is 23.0. The summed E-state index contributed by atoms with van der Waals surface area (Å²) in [5.41, 5.74) is 0.699. The summed E-state index contributed by atoms with van der Waals surface area (Å²) in [4.78, 5) is 10.5. The average Bonchev–Trinajstić information content (AvgIpc) is 3.18. The average molecular weight is 484 g/mol. The Hall–Kier alpha value is -2.31. The van der Waals surface area contributed by atoms with Crippen molar-refractivity contribution >= 4 is 27.6 Å². The van der Waals surface area contributed by atoms with Crippen LogP contribution in [0.2, 0.25) is 0 Å². The smallest absolute Gasteiger partial charge is 0.227 e. The predicted molar refractivity (Wildman–Crippen MR) is 125 cm³/mol. The van der Waals surface area contributed by atoms with Gasteiger partial charge in [-0.3, -0.25) is 5.10 Å². The van der Waals surface area contributed by atoms with Crippen LogP contribution in [0.3, 0.4) is 0 Å². The lowest BCUT2D eigenvalue weighted by atomic mass is 9.83. The molecule has 0 radical (unpaired) electrons. The van der Waals surface area contributed by atoms with Gasteiger partial charge in [0.15, 0.2) is 17.5 Å². The first-order valence-corrected chi connectivity index (χ1v) is 12.5. The molecule has 1 unspecified atom stereocenters. The van der Waals surface area contributed by atoms with E-state index in [4.69, 9.17) is 0 Å². The van der Waals surface area contributed by atoms with E-state index in [2.05, 4.69) is 25.5 Å². The fourth-order valence-electron chi connectivity index (χ4n) is 4.82. The molecule has 0 aliphatic carbocycles. The van der Waals surface area contributed by atoms with Gasteiger partial charge in [0.2, 0.25) is 16.0 Å². The highest BCUT2D eigenvalue weighted by Crippen LogP contribution is 2.38. The molecule has 12 heteroatoms. The Kier molecular flexibility index (Phi) is 7.59. The maximum Gasteiger partial charge on any atom is 0.227 e. The molecule has 0 saturated carbocycles. The summed E-state index contributed by atoms with van der Waals surface area (Å²) in [6.07, 6.45) is 3.99. The van der Waals surface area contributed by atoms with Crippen LogP contribution in [0.1, 0.15) is 57.8 Å². The summed E-state index contributed by atoms with van der Waals surface area (Å²) >= 11 is 0. The fourth-order valence-corrected chi connectivity index (χ4v) is 6.41. The molecule has 2 aromatic heterocycles. The van der Waals surface area contributed by atoms with E-state index in [1.165, 1.54) is 0 Å². The minimum atomic E-state index is -3.27. The van der Waals surface area contributed by atoms with Gasteiger partial charge in [0.25, 0.3) is 0 Å². The van der Waals surface area contributed by atoms with Gasteiger partial charge in [0.05, 0.1) is 12.4 Å². The van der Waals surface area contributed by atoms with Crippen LogP contribution in [0.5, 0.6) is 0 Å². The van der Waals surface area contributed by atoms with Crippen molar-refractivity contribution in [2.45, 2.75) is 78.1 Å². The number of aliphatic hydroxyl groups excluding tert-OH is 1. The Morgan fingerprint density at radius 2 is 1.97 bits per heavy atom. The molecule has 3 atom stereocenters. The van der Waals surface area contributed by atoms with Crippen LogP contribution in [0.25, 0.3) is 0 Å². The molecular weight excluding hydrogens is 449 g/mol. The first kappa shape index (κ1) is 25.3. The molecule has 2 saturated heterocycles. The van der Waals surface area contributed by atoms with Gasteiger partial charge in [0.1, 0.15) is 5.69 Å². The molecule has 2 bridgehead atoms. The number of aryl methyl sites for hydroxylation is 1. The van der Waals surface area contributed by atoms with Gasteiger partial charge in [0, 0.05) is 36.9 Å². The Morgan fingerprint density at radius 3 is 2.52 bits per heavy atom. The number of anilines is 3. The van der Waals surface area contributed by atoms with Crippen LogP contribution >= 0.6 is 0 Å². The summed E-state index contributed by atoms with van der Waals surface area (Å²) in [5.74, 6) is -0.0109. The number of sulfonamides is 1. The van der Waals surface area contributed by atoms with Crippen LogP contribution in [0.15, 0.2) is 6.07 Å². The molecule has 33 heavy (non-hydrogen) atoms. The number of piperidine rings is 2. The largest absolute Gasteiger partial charge is 0.390 e. The molecule has 0 spiro atoms. The van der Waals surface area contributed by atoms with Gasteiger partial charge in [-0.1, -0.05) is 13.8 Å². The lowest BCUT2D eigenvalue weighted by Gasteiger charge is -2.49. The normalized spacial score (nSPS) is 23.1. The van der Waals surface area contributed by atoms with Crippen molar-refractivity contribution in [3.8, 4) is 0 Å². The third kappa shape index (κ3) is 4.97. The van der Waals surface area contributed by atoms with Gasteiger partial charge in [-0.15, -0.1) is 0 Å². The third-order valence-electron chi connectivity index (χ3n) is 6.44. The number of aromatic nitrogens is 4. The second-order valence-electron chi connectivity index (χ2n) is 8.56. The first-order chi connectivity index (χ1) is 15.2. The maximum atomic E-state index is 14.8. The number of nitrogens with one attached hydrogen (secondary N) is 2. The fraction of sp³-hybridized carbons (Fsp3) is 0.667. The highest BCUT2D eigenvalue weighted by atomic mass is 32.2. The zero-order valence-electron chi connectivity index (χ0n) is 18.5. The van der Waals surface area contributed by atoms with Gasteiger partial charge < -0.3 is 15.3 Å². The quantitative estimate of drug-likeness (QED) is 0.549. The van der Waals surface area contributed by atoms with Crippen molar-refractivity contribution in [2.75, 3.05) is 23.0 Å². The van der Waals surface area contributed by atoms with Crippen molar-refractivity contribution in [1.82, 2.24) is 24.5 Å². The summed E-state index contributed by atoms with van der Waals surface area (Å²) in [7, 11) is -1.43. The first-order valence-electron chi connectivity index (χ1n) is 10.9. The van der Waals surface area contributed by atoms with Crippen molar-refractivity contribution in [2.24, 2.45) is 0 Å². The second-order valence-corrected chi connectivity index (χ2v) is 10.7. The lowest BCUT2D eigenvalue weighted by molar-refractivity contribution is 0.109. The number of rotatable bonds is 7. The Morgan fingerprint density at radius 1 is 1.30 bits per heavy atom. The summed E-state index contributed by atoms with van der Waals surface area (Å²) in [5, 5.41) is 19.3. The molecular formula is C21H34FN7O3S. The number of H-pyrrole nitrogens is 1. The van der Waals surface area contributed by atoms with Crippen molar-refractivity contribution in [1.29, 1.82) is 0 Å². The van der Waals surface area contributed by atoms with E-state index in [9.17, 15) is 17.9 Å². The molecule has 3 N–H and O–H groups in total. The Labute approximate surface area is 194 Å². The molecule has 10 nitrogen and oxygen atoms in total. The SMILES string of the molecule is C.CCS(=O)(=O)N1[C@@H]2CCC[C@H]1CC(N(C)c1nc(CO)c(F)c(Nc3cc(C)[nH]n3)n1)C2. The lowest BCUT2D eigenvalue weighted by Crippen LogP contribution is -2.58. The minimum absolute atomic E-state index is 0. The number of nitrogens with zero attached hydrogens (tertiary/aromatic N) is 5. The molecule has 2 fully saturated rings. The van der Waals surface area contributed by atoms with E-state index in [-0.39, 0.29) is 48.8 Å². The second kappa shape index (κ2) is 9.90. The van der Waals surface area contributed by atoms with Gasteiger partial charge in [-0.05, 0) is 39.5 Å². The zero-order valence-corrected chi connectivity index (χ0v) is 19.4. The molecule has 0 amide bonds. The predicted octanol–water partition coefficient (Wildman–Crippen LogP) is 2.69. The topological polar surface area (TPSA) is 127 Å². The summed E-state index contributed by atoms with van der Waals surface area (Å²) in [6, 6.07) is 1.62. The van der Waals surface area contributed by atoms with Crippen LogP contribution in [0, 0.1) is 12.7 Å². The molecule has 2 aliphatic heterocycles. The molecule has 0 aromatic carbocycles. The van der Waals surface area contributed by atoms with Crippen molar-refractivity contribution < 1.29 is 17.9 Å². The molecule has 4 heterocycles. The van der Waals surface area contributed by atoms with Crippen LogP contribution in [-0.4, -0.2) is 68.9 Å². The van der Waals surface area contributed by atoms with E-state index in [1.54, 1.807) is 17.3 Å². The van der Waals surface area contributed by atoms with Crippen molar-refractivity contribution in [3.63, 3.8) is 0 Å². The van der Waals surface area contributed by atoms with Crippen LogP contribution in [0.4, 0.5) is 22.0 Å². The highest BCUT2D eigenvalue weighted by molar-refractivity contribution is 7.89. The minimum Gasteiger partial charge on any atom is -0.390 e. The standard InChI is InChI=1S/C20H30FN7O3S.CH4/c1-4-32(30,31)28-13-6-5-7-14(28)10-15(9-13)27(3)20-22-16(11-29)18(21)19(24-20)23-17-8-12(2)25-26-17;/h8,13-15,29H,4-7,9-11H2,1-3H3,(H2,22,23,24,25,26);1H4/t13-,14+,15?;. The van der Waals surface area contributed by atoms with Crippen LogP contribution < -0.4 is 10.2 Å². The summed E-state index contributed by atoms with van der Waals surface area (Å²) in [6.45, 7) is 2.94. The molecule has 184 valence electrons. The van der Waals surface area contributed by atoms with Crippen LogP contribution in [-0.2, 0) is 16.6 Å². The maximum absolute atomic E-state index is 14.8. The highest BCUT2D eigenvalue weighted by Gasteiger charge is 2.45. The van der Waals surface area contributed by atoms with E-state index in [0.29, 0.717) is 18.7 Å². The number of fused-ring (bicyclic) bond motifs is 2. The molecule has 2 aliphatic rings. The summed E-state index contributed by atoms with van der Waals surface area (Å²) < 4.78 is 41.8. The number of hydrogen-bond acceptors (Lipinski definition) is 8. The number of hydrogen-bond donors (Lipinski definition) is 3. The Bertz CT molecular complexity index is 1060. The van der Waals surface area contributed by atoms with E-state index in [1.807, 2.05) is 18.9 Å². The number of halogens is 1. The van der Waals surface area contributed by atoms with E-state index >= 15 is 0 Å². The molecule has 2 aromatic rings. The van der Waals surface area contributed by atoms with E-state index < -0.39 is 22.4 Å². The van der Waals surface area contributed by atoms with Crippen molar-refractivity contribution in [3.05, 3.63) is 23.3 Å². The number of aliphatic hydroxyl groups is 1. The Balaban J connectivity index is 0.00000306.